The zero-order valence-electron chi connectivity index (χ0n) is 16.0. The second-order valence-electron chi connectivity index (χ2n) is 6.93. The number of carbonyl (C=O) groups is 1. The molecule has 1 aliphatic carbocycles. The number of hydrogen-bond donors (Lipinski definition) is 1. The average molecular weight is 423 g/mol. The van der Waals surface area contributed by atoms with Gasteiger partial charge in [0, 0.05) is 13.1 Å². The van der Waals surface area contributed by atoms with E-state index in [4.69, 9.17) is 4.42 Å². The van der Waals surface area contributed by atoms with Crippen LogP contribution < -0.4 is 5.32 Å². The molecule has 1 fully saturated rings. The minimum atomic E-state index is -3.67. The Bertz CT molecular complexity index is 875. The van der Waals surface area contributed by atoms with Crippen molar-refractivity contribution in [1.29, 1.82) is 0 Å². The van der Waals surface area contributed by atoms with Gasteiger partial charge in [0.2, 0.25) is 15.9 Å². The fourth-order valence-corrected chi connectivity index (χ4v) is 5.70. The summed E-state index contributed by atoms with van der Waals surface area (Å²) in [5, 5.41) is 2.76. The van der Waals surface area contributed by atoms with Crippen molar-refractivity contribution in [2.45, 2.75) is 48.8 Å². The molecule has 0 aliphatic heterocycles. The van der Waals surface area contributed by atoms with E-state index in [1.807, 2.05) is 6.07 Å². The van der Waals surface area contributed by atoms with E-state index in [9.17, 15) is 13.2 Å². The van der Waals surface area contributed by atoms with Crippen LogP contribution >= 0.6 is 11.8 Å². The first-order chi connectivity index (χ1) is 13.5. The molecule has 1 aromatic carbocycles. The number of hydrogen-bond acceptors (Lipinski definition) is 5. The van der Waals surface area contributed by atoms with Gasteiger partial charge in [0.15, 0.2) is 0 Å². The highest BCUT2D eigenvalue weighted by Crippen LogP contribution is 2.29. The van der Waals surface area contributed by atoms with Gasteiger partial charge in [0.25, 0.3) is 0 Å². The zero-order valence-corrected chi connectivity index (χ0v) is 17.6. The summed E-state index contributed by atoms with van der Waals surface area (Å²) >= 11 is 1.42. The molecule has 3 rings (SSSR count). The molecule has 0 atom stereocenters. The van der Waals surface area contributed by atoms with Crippen LogP contribution in [0.3, 0.4) is 0 Å². The van der Waals surface area contributed by atoms with Crippen LogP contribution in [0.4, 0.5) is 5.69 Å². The van der Waals surface area contributed by atoms with E-state index in [1.54, 1.807) is 43.6 Å². The van der Waals surface area contributed by atoms with Gasteiger partial charge in [0.1, 0.15) is 10.7 Å². The van der Waals surface area contributed by atoms with Gasteiger partial charge in [-0.3, -0.25) is 4.79 Å². The predicted molar refractivity (Wildman–Crippen MR) is 112 cm³/mol. The first-order valence-electron chi connectivity index (χ1n) is 9.45. The number of amides is 1. The van der Waals surface area contributed by atoms with E-state index in [2.05, 4.69) is 5.32 Å². The number of benzene rings is 1. The van der Waals surface area contributed by atoms with Crippen molar-refractivity contribution in [2.24, 2.45) is 0 Å². The number of nitrogens with one attached hydrogen (secondary N) is 1. The molecule has 8 heteroatoms. The van der Waals surface area contributed by atoms with Crippen molar-refractivity contribution in [1.82, 2.24) is 4.31 Å². The lowest BCUT2D eigenvalue weighted by Crippen LogP contribution is -2.38. The van der Waals surface area contributed by atoms with Crippen molar-refractivity contribution >= 4 is 33.4 Å². The van der Waals surface area contributed by atoms with Crippen LogP contribution in [0.1, 0.15) is 37.9 Å². The van der Waals surface area contributed by atoms with E-state index in [0.717, 1.165) is 37.9 Å². The zero-order chi connectivity index (χ0) is 20.0. The molecule has 1 aromatic heterocycles. The molecule has 0 saturated heterocycles. The normalized spacial score (nSPS) is 15.6. The number of sulfonamides is 1. The van der Waals surface area contributed by atoms with Crippen molar-refractivity contribution in [3.63, 3.8) is 0 Å². The summed E-state index contributed by atoms with van der Waals surface area (Å²) < 4.78 is 33.0. The summed E-state index contributed by atoms with van der Waals surface area (Å²) in [7, 11) is -2.03. The maximum Gasteiger partial charge on any atom is 0.245 e. The van der Waals surface area contributed by atoms with E-state index in [1.165, 1.54) is 16.1 Å². The molecule has 2 aromatic rings. The maximum absolute atomic E-state index is 13.2. The highest BCUT2D eigenvalue weighted by Gasteiger charge is 2.30. The number of furan rings is 1. The summed E-state index contributed by atoms with van der Waals surface area (Å²) in [6.07, 6.45) is 6.62. The van der Waals surface area contributed by atoms with Gasteiger partial charge in [0.05, 0.1) is 23.5 Å². The van der Waals surface area contributed by atoms with Crippen molar-refractivity contribution < 1.29 is 17.6 Å². The monoisotopic (exact) mass is 422 g/mol. The fraction of sp³-hybridized carbons (Fsp3) is 0.450. The molecule has 1 saturated carbocycles. The number of carbonyl (C=O) groups excluding carboxylic acids is 1. The lowest BCUT2D eigenvalue weighted by Gasteiger charge is -2.30. The van der Waals surface area contributed by atoms with Crippen LogP contribution in [0.5, 0.6) is 0 Å². The van der Waals surface area contributed by atoms with Crippen LogP contribution in [0, 0.1) is 0 Å². The maximum atomic E-state index is 13.2. The molecule has 152 valence electrons. The second-order valence-corrected chi connectivity index (χ2v) is 9.88. The lowest BCUT2D eigenvalue weighted by molar-refractivity contribution is -0.113. The van der Waals surface area contributed by atoms with Crippen molar-refractivity contribution in [2.75, 3.05) is 18.1 Å². The Balaban J connectivity index is 1.66. The second kappa shape index (κ2) is 9.62. The fourth-order valence-electron chi connectivity index (χ4n) is 3.42. The lowest BCUT2D eigenvalue weighted by atomic mass is 9.96. The minimum absolute atomic E-state index is 0.0198. The Morgan fingerprint density at radius 1 is 1.18 bits per heavy atom. The smallest absolute Gasteiger partial charge is 0.245 e. The van der Waals surface area contributed by atoms with Crippen LogP contribution in [-0.4, -0.2) is 37.5 Å². The van der Waals surface area contributed by atoms with Crippen molar-refractivity contribution in [3.8, 4) is 0 Å². The standard InChI is InChI=1S/C20H26N2O4S2/c1-22(16-8-3-2-4-9-16)28(24,25)19-12-6-5-11-18(19)21-20(23)15-27-14-17-10-7-13-26-17/h5-7,10-13,16H,2-4,8-9,14-15H2,1H3,(H,21,23). The predicted octanol–water partition coefficient (Wildman–Crippen LogP) is 4.10. The molecule has 0 unspecified atom stereocenters. The third kappa shape index (κ3) is 5.18. The number of rotatable bonds is 8. The van der Waals surface area contributed by atoms with Gasteiger partial charge < -0.3 is 9.73 Å². The van der Waals surface area contributed by atoms with E-state index in [0.29, 0.717) is 11.4 Å². The Morgan fingerprint density at radius 2 is 1.93 bits per heavy atom. The number of anilines is 1. The van der Waals surface area contributed by atoms with Gasteiger partial charge >= 0.3 is 0 Å². The van der Waals surface area contributed by atoms with Gasteiger partial charge in [-0.05, 0) is 37.1 Å². The first kappa shape index (κ1) is 21.0. The van der Waals surface area contributed by atoms with E-state index < -0.39 is 10.0 Å². The van der Waals surface area contributed by atoms with Crippen LogP contribution in [0.15, 0.2) is 52.0 Å². The summed E-state index contributed by atoms with van der Waals surface area (Å²) in [5.74, 6) is 1.37. The third-order valence-corrected chi connectivity index (χ3v) is 7.89. The molecule has 0 radical (unpaired) electrons. The van der Waals surface area contributed by atoms with Crippen molar-refractivity contribution in [3.05, 3.63) is 48.4 Å². The summed E-state index contributed by atoms with van der Waals surface area (Å²) in [5.41, 5.74) is 0.328. The highest BCUT2D eigenvalue weighted by molar-refractivity contribution is 7.99. The Hall–Kier alpha value is -1.77. The minimum Gasteiger partial charge on any atom is -0.468 e. The molecule has 0 spiro atoms. The number of nitrogens with zero attached hydrogens (tertiary/aromatic N) is 1. The Kier molecular flexibility index (Phi) is 7.20. The summed E-state index contributed by atoms with van der Waals surface area (Å²) in [4.78, 5) is 12.5. The van der Waals surface area contributed by atoms with E-state index in [-0.39, 0.29) is 22.6 Å². The molecular formula is C20H26N2O4S2. The SMILES string of the molecule is CN(C1CCCCC1)S(=O)(=O)c1ccccc1NC(=O)CSCc1ccco1. The molecule has 6 nitrogen and oxygen atoms in total. The molecule has 0 bridgehead atoms. The molecular weight excluding hydrogens is 396 g/mol. The van der Waals surface area contributed by atoms with Gasteiger partial charge in [-0.1, -0.05) is 31.4 Å². The average Bonchev–Trinajstić information content (AvgIpc) is 3.22. The van der Waals surface area contributed by atoms with E-state index >= 15 is 0 Å². The van der Waals surface area contributed by atoms with Crippen LogP contribution in [-0.2, 0) is 20.6 Å². The van der Waals surface area contributed by atoms with Gasteiger partial charge in [-0.15, -0.1) is 11.8 Å². The Morgan fingerprint density at radius 3 is 2.64 bits per heavy atom. The quantitative estimate of drug-likeness (QED) is 0.693. The van der Waals surface area contributed by atoms with Crippen LogP contribution in [0.25, 0.3) is 0 Å². The van der Waals surface area contributed by atoms with Gasteiger partial charge in [-0.25, -0.2) is 8.42 Å². The molecule has 1 heterocycles. The number of para-hydroxylation sites is 1. The first-order valence-corrected chi connectivity index (χ1v) is 12.0. The molecule has 28 heavy (non-hydrogen) atoms. The molecule has 1 N–H and O–H groups in total. The topological polar surface area (TPSA) is 79.6 Å². The third-order valence-electron chi connectivity index (χ3n) is 4.96. The molecule has 1 amide bonds. The summed E-state index contributed by atoms with van der Waals surface area (Å²) in [6, 6.07) is 10.3. The van der Waals surface area contributed by atoms with Crippen LogP contribution in [0.2, 0.25) is 0 Å². The highest BCUT2D eigenvalue weighted by atomic mass is 32.2. The van der Waals surface area contributed by atoms with Gasteiger partial charge in [-0.2, -0.15) is 4.31 Å². The Labute approximate surface area is 170 Å². The summed E-state index contributed by atoms with van der Waals surface area (Å²) in [6.45, 7) is 0. The largest absolute Gasteiger partial charge is 0.468 e. The number of thioether (sulfide) groups is 1. The molecule has 1 aliphatic rings.